The van der Waals surface area contributed by atoms with Crippen molar-refractivity contribution in [3.63, 3.8) is 0 Å². The van der Waals surface area contributed by atoms with Crippen LogP contribution in [-0.2, 0) is 9.59 Å². The molecule has 3 atom stereocenters. The third-order valence-electron chi connectivity index (χ3n) is 4.06. The van der Waals surface area contributed by atoms with Crippen LogP contribution in [0.15, 0.2) is 0 Å². The molecule has 2 saturated heterocycles. The van der Waals surface area contributed by atoms with Gasteiger partial charge in [-0.1, -0.05) is 20.8 Å². The molecule has 2 fully saturated rings. The highest BCUT2D eigenvalue weighted by molar-refractivity contribution is 7.99. The minimum absolute atomic E-state index is 0. The Balaban J connectivity index is 0.00000242. The third kappa shape index (κ3) is 4.77. The quantitative estimate of drug-likeness (QED) is 0.795. The van der Waals surface area contributed by atoms with E-state index in [1.807, 2.05) is 20.8 Å². The first kappa shape index (κ1) is 19.6. The summed E-state index contributed by atoms with van der Waals surface area (Å²) in [6, 6.07) is 0.354. The van der Waals surface area contributed by atoms with E-state index in [9.17, 15) is 9.59 Å². The number of carbonyl (C=O) groups is 2. The number of piperidine rings is 1. The van der Waals surface area contributed by atoms with Crippen molar-refractivity contribution < 1.29 is 9.59 Å². The fraction of sp³-hybridized carbons (Fsp3) is 0.867. The molecule has 2 rings (SSSR count). The summed E-state index contributed by atoms with van der Waals surface area (Å²) >= 11 is 1.66. The van der Waals surface area contributed by atoms with Crippen molar-refractivity contribution in [2.24, 2.45) is 5.41 Å². The predicted octanol–water partition coefficient (Wildman–Crippen LogP) is 1.61. The zero-order valence-corrected chi connectivity index (χ0v) is 15.5. The van der Waals surface area contributed by atoms with Gasteiger partial charge in [-0.2, -0.15) is 0 Å². The minimum atomic E-state index is -0.438. The van der Waals surface area contributed by atoms with Crippen molar-refractivity contribution in [2.75, 3.05) is 18.2 Å². The molecule has 2 aliphatic heterocycles. The molecule has 0 radical (unpaired) electrons. The third-order valence-corrected chi connectivity index (χ3v) is 5.07. The van der Waals surface area contributed by atoms with Gasteiger partial charge >= 0.3 is 0 Å². The van der Waals surface area contributed by atoms with Crippen molar-refractivity contribution in [1.29, 1.82) is 0 Å². The summed E-state index contributed by atoms with van der Waals surface area (Å²) in [6.45, 7) is 8.79. The minimum Gasteiger partial charge on any atom is -0.351 e. The molecule has 0 bridgehead atoms. The summed E-state index contributed by atoms with van der Waals surface area (Å²) in [4.78, 5) is 26.7. The van der Waals surface area contributed by atoms with Crippen molar-refractivity contribution >= 4 is 36.0 Å². The summed E-state index contributed by atoms with van der Waals surface area (Å²) in [5, 5.41) is 6.52. The molecule has 2 aliphatic rings. The van der Waals surface area contributed by atoms with Crippen LogP contribution >= 0.6 is 24.2 Å². The zero-order valence-electron chi connectivity index (χ0n) is 13.8. The second kappa shape index (κ2) is 7.88. The lowest BCUT2D eigenvalue weighted by Crippen LogP contribution is -2.54. The van der Waals surface area contributed by atoms with E-state index in [1.54, 1.807) is 16.7 Å². The van der Waals surface area contributed by atoms with Gasteiger partial charge in [-0.05, 0) is 26.3 Å². The van der Waals surface area contributed by atoms with Gasteiger partial charge in [-0.25, -0.2) is 0 Å². The molecule has 22 heavy (non-hydrogen) atoms. The highest BCUT2D eigenvalue weighted by atomic mass is 35.5. The fourth-order valence-electron chi connectivity index (χ4n) is 2.85. The summed E-state index contributed by atoms with van der Waals surface area (Å²) in [6.07, 6.45) is 1.92. The van der Waals surface area contributed by atoms with Gasteiger partial charge in [0.15, 0.2) is 0 Å². The van der Waals surface area contributed by atoms with E-state index in [1.165, 1.54) is 0 Å². The number of halogens is 1. The number of hydrogen-bond donors (Lipinski definition) is 2. The molecule has 0 aromatic rings. The summed E-state index contributed by atoms with van der Waals surface area (Å²) in [5.74, 6) is 1.40. The van der Waals surface area contributed by atoms with Gasteiger partial charge in [-0.15, -0.1) is 24.2 Å². The molecule has 7 heteroatoms. The molecule has 2 heterocycles. The molecule has 0 aliphatic carbocycles. The van der Waals surface area contributed by atoms with Crippen LogP contribution < -0.4 is 10.6 Å². The Hall–Kier alpha value is -0.460. The van der Waals surface area contributed by atoms with E-state index in [2.05, 4.69) is 17.6 Å². The number of nitrogens with one attached hydrogen (secondary N) is 2. The van der Waals surface area contributed by atoms with Crippen molar-refractivity contribution in [1.82, 2.24) is 15.5 Å². The van der Waals surface area contributed by atoms with Crippen LogP contribution in [0.25, 0.3) is 0 Å². The number of rotatable bonds is 2. The number of nitrogens with zero attached hydrogens (tertiary/aromatic N) is 1. The molecule has 0 aromatic carbocycles. The number of hydrogen-bond acceptors (Lipinski definition) is 4. The summed E-state index contributed by atoms with van der Waals surface area (Å²) < 4.78 is 0. The van der Waals surface area contributed by atoms with Crippen molar-refractivity contribution in [3.8, 4) is 0 Å². The Bertz CT molecular complexity index is 414. The average molecular weight is 350 g/mol. The second-order valence-corrected chi connectivity index (χ2v) is 8.13. The van der Waals surface area contributed by atoms with E-state index in [4.69, 9.17) is 0 Å². The molecule has 0 saturated carbocycles. The van der Waals surface area contributed by atoms with E-state index in [-0.39, 0.29) is 36.3 Å². The van der Waals surface area contributed by atoms with Crippen LogP contribution in [0.5, 0.6) is 0 Å². The highest BCUT2D eigenvalue weighted by Gasteiger charge is 2.39. The van der Waals surface area contributed by atoms with Crippen LogP contribution in [0.2, 0.25) is 0 Å². The highest BCUT2D eigenvalue weighted by Crippen LogP contribution is 2.27. The Morgan fingerprint density at radius 3 is 2.59 bits per heavy atom. The number of thioether (sulfide) groups is 1. The number of carbonyl (C=O) groups excluding carboxylic acids is 2. The first-order valence-electron chi connectivity index (χ1n) is 7.71. The number of amides is 2. The molecule has 2 amide bonds. The summed E-state index contributed by atoms with van der Waals surface area (Å²) in [5.41, 5.74) is -0.438. The Labute approximate surface area is 143 Å². The standard InChI is InChI=1S/C15H27N3O2S.ClH/c1-10-7-11(5-6-16-10)17-13(19)12-8-21-9-18(12)14(20)15(2,3)4;/h10-12,16H,5-9H2,1-4H3,(H,17,19);1H. The van der Waals surface area contributed by atoms with Crippen LogP contribution in [0.1, 0.15) is 40.5 Å². The van der Waals surface area contributed by atoms with Crippen LogP contribution in [-0.4, -0.2) is 53.0 Å². The van der Waals surface area contributed by atoms with Gasteiger partial charge in [-0.3, -0.25) is 9.59 Å². The molecule has 0 aromatic heterocycles. The molecular weight excluding hydrogens is 322 g/mol. The zero-order chi connectivity index (χ0) is 15.6. The lowest BCUT2D eigenvalue weighted by molar-refractivity contribution is -0.144. The normalized spacial score (nSPS) is 28.9. The monoisotopic (exact) mass is 349 g/mol. The smallest absolute Gasteiger partial charge is 0.243 e. The van der Waals surface area contributed by atoms with Crippen LogP contribution in [0.4, 0.5) is 0 Å². The molecular formula is C15H28ClN3O2S. The maximum atomic E-state index is 12.5. The Kier molecular flexibility index (Phi) is 7.02. The lowest BCUT2D eigenvalue weighted by Gasteiger charge is -2.32. The molecule has 0 spiro atoms. The molecule has 128 valence electrons. The van der Waals surface area contributed by atoms with Gasteiger partial charge in [0.2, 0.25) is 11.8 Å². The van der Waals surface area contributed by atoms with Crippen molar-refractivity contribution in [3.05, 3.63) is 0 Å². The topological polar surface area (TPSA) is 61.4 Å². The van der Waals surface area contributed by atoms with E-state index in [0.29, 0.717) is 17.7 Å². The Morgan fingerprint density at radius 1 is 1.32 bits per heavy atom. The average Bonchev–Trinajstić information content (AvgIpc) is 2.85. The molecule has 5 nitrogen and oxygen atoms in total. The first-order valence-corrected chi connectivity index (χ1v) is 8.87. The fourth-order valence-corrected chi connectivity index (χ4v) is 4.01. The van der Waals surface area contributed by atoms with Gasteiger partial charge in [0.1, 0.15) is 6.04 Å². The molecule has 3 unspecified atom stereocenters. The van der Waals surface area contributed by atoms with E-state index in [0.717, 1.165) is 19.4 Å². The van der Waals surface area contributed by atoms with Gasteiger partial charge < -0.3 is 15.5 Å². The summed E-state index contributed by atoms with van der Waals surface area (Å²) in [7, 11) is 0. The second-order valence-electron chi connectivity index (χ2n) is 7.13. The SMILES string of the molecule is CC1CC(NC(=O)C2CSCN2C(=O)C(C)(C)C)CCN1.Cl. The predicted molar refractivity (Wildman–Crippen MR) is 93.3 cm³/mol. The van der Waals surface area contributed by atoms with Gasteiger partial charge in [0.05, 0.1) is 5.88 Å². The Morgan fingerprint density at radius 2 is 2.00 bits per heavy atom. The maximum Gasteiger partial charge on any atom is 0.243 e. The maximum absolute atomic E-state index is 12.5. The first-order chi connectivity index (χ1) is 9.79. The van der Waals surface area contributed by atoms with Crippen molar-refractivity contribution in [2.45, 2.75) is 58.7 Å². The lowest BCUT2D eigenvalue weighted by atomic mass is 9.94. The van der Waals surface area contributed by atoms with Crippen LogP contribution in [0, 0.1) is 5.41 Å². The van der Waals surface area contributed by atoms with Crippen LogP contribution in [0.3, 0.4) is 0 Å². The van der Waals surface area contributed by atoms with E-state index < -0.39 is 5.41 Å². The van der Waals surface area contributed by atoms with Gasteiger partial charge in [0, 0.05) is 23.3 Å². The molecule has 2 N–H and O–H groups in total. The van der Waals surface area contributed by atoms with Gasteiger partial charge in [0.25, 0.3) is 0 Å². The van der Waals surface area contributed by atoms with E-state index >= 15 is 0 Å². The largest absolute Gasteiger partial charge is 0.351 e.